The average molecular weight is 359 g/mol. The van der Waals surface area contributed by atoms with Gasteiger partial charge in [-0.2, -0.15) is 4.31 Å². The van der Waals surface area contributed by atoms with Crippen LogP contribution in [0.5, 0.6) is 0 Å². The number of aryl methyl sites for hydroxylation is 1. The molecule has 2 aliphatic heterocycles. The minimum absolute atomic E-state index is 0.290. The first-order valence-corrected chi connectivity index (χ1v) is 9.88. The van der Waals surface area contributed by atoms with Crippen LogP contribution in [0.15, 0.2) is 23.1 Å². The van der Waals surface area contributed by atoms with E-state index in [0.717, 1.165) is 44.7 Å². The SMILES string of the molecule is Cc1ccc(S(=O)(=O)N2CCC(N3CCOCC3)CC2)cc1Cl. The molecule has 2 fully saturated rings. The molecule has 128 valence electrons. The summed E-state index contributed by atoms with van der Waals surface area (Å²) in [6, 6.07) is 5.42. The number of nitrogens with zero attached hydrogens (tertiary/aromatic N) is 2. The first kappa shape index (κ1) is 17.2. The van der Waals surface area contributed by atoms with E-state index in [1.54, 1.807) is 22.5 Å². The Morgan fingerprint density at radius 2 is 1.78 bits per heavy atom. The number of hydrogen-bond acceptors (Lipinski definition) is 4. The first-order valence-electron chi connectivity index (χ1n) is 8.06. The number of piperidine rings is 1. The standard InChI is InChI=1S/C16H23ClN2O3S/c1-13-2-3-15(12-16(13)17)23(20,21)19-6-4-14(5-7-19)18-8-10-22-11-9-18/h2-3,12,14H,4-11H2,1H3. The second kappa shape index (κ2) is 7.07. The van der Waals surface area contributed by atoms with Crippen molar-refractivity contribution >= 4 is 21.6 Å². The maximum atomic E-state index is 12.8. The largest absolute Gasteiger partial charge is 0.379 e. The Hall–Kier alpha value is -0.660. The number of benzene rings is 1. The summed E-state index contributed by atoms with van der Waals surface area (Å²) >= 11 is 6.08. The molecular formula is C16H23ClN2O3S. The Bertz CT molecular complexity index is 651. The highest BCUT2D eigenvalue weighted by Gasteiger charge is 2.32. The van der Waals surface area contributed by atoms with Crippen LogP contribution in [0.1, 0.15) is 18.4 Å². The number of morpholine rings is 1. The summed E-state index contributed by atoms with van der Waals surface area (Å²) in [5, 5.41) is 0.495. The lowest BCUT2D eigenvalue weighted by atomic mass is 10.0. The van der Waals surface area contributed by atoms with Gasteiger partial charge in [0.2, 0.25) is 10.0 Å². The van der Waals surface area contributed by atoms with E-state index in [9.17, 15) is 8.42 Å². The molecule has 0 amide bonds. The van der Waals surface area contributed by atoms with Gasteiger partial charge in [0, 0.05) is 37.2 Å². The Labute approximate surface area is 143 Å². The van der Waals surface area contributed by atoms with Gasteiger partial charge in [-0.15, -0.1) is 0 Å². The van der Waals surface area contributed by atoms with Gasteiger partial charge in [-0.05, 0) is 37.5 Å². The molecule has 1 aromatic rings. The van der Waals surface area contributed by atoms with Gasteiger partial charge < -0.3 is 4.74 Å². The van der Waals surface area contributed by atoms with Crippen molar-refractivity contribution in [3.05, 3.63) is 28.8 Å². The molecule has 0 radical (unpaired) electrons. The topological polar surface area (TPSA) is 49.9 Å². The monoisotopic (exact) mass is 358 g/mol. The molecule has 0 aromatic heterocycles. The Balaban J connectivity index is 1.67. The molecular weight excluding hydrogens is 336 g/mol. The molecule has 0 unspecified atom stereocenters. The van der Waals surface area contributed by atoms with Crippen molar-refractivity contribution < 1.29 is 13.2 Å². The van der Waals surface area contributed by atoms with Crippen LogP contribution in [-0.4, -0.2) is 63.1 Å². The number of halogens is 1. The predicted octanol–water partition coefficient (Wildman–Crippen LogP) is 2.13. The van der Waals surface area contributed by atoms with Crippen molar-refractivity contribution in [3.63, 3.8) is 0 Å². The zero-order valence-corrected chi connectivity index (χ0v) is 14.9. The van der Waals surface area contributed by atoms with Crippen LogP contribution in [0.3, 0.4) is 0 Å². The summed E-state index contributed by atoms with van der Waals surface area (Å²) in [5.41, 5.74) is 0.886. The summed E-state index contributed by atoms with van der Waals surface area (Å²) < 4.78 is 32.5. The van der Waals surface area contributed by atoms with Crippen LogP contribution in [0.4, 0.5) is 0 Å². The van der Waals surface area contributed by atoms with E-state index in [1.807, 2.05) is 6.92 Å². The fourth-order valence-electron chi connectivity index (χ4n) is 3.27. The van der Waals surface area contributed by atoms with E-state index in [4.69, 9.17) is 16.3 Å². The van der Waals surface area contributed by atoms with Gasteiger partial charge >= 0.3 is 0 Å². The molecule has 0 atom stereocenters. The molecule has 7 heteroatoms. The normalized spacial score (nSPS) is 22.3. The quantitative estimate of drug-likeness (QED) is 0.830. The van der Waals surface area contributed by atoms with Gasteiger partial charge in [-0.1, -0.05) is 17.7 Å². The van der Waals surface area contributed by atoms with Crippen LogP contribution < -0.4 is 0 Å². The lowest BCUT2D eigenvalue weighted by Gasteiger charge is -2.39. The zero-order chi connectivity index (χ0) is 16.4. The van der Waals surface area contributed by atoms with E-state index in [0.29, 0.717) is 24.2 Å². The minimum Gasteiger partial charge on any atom is -0.379 e. The lowest BCUT2D eigenvalue weighted by Crippen LogP contribution is -2.50. The molecule has 2 heterocycles. The van der Waals surface area contributed by atoms with Crippen molar-refractivity contribution in [2.24, 2.45) is 0 Å². The number of rotatable bonds is 3. The molecule has 0 N–H and O–H groups in total. The molecule has 2 aliphatic rings. The second-order valence-corrected chi connectivity index (χ2v) is 8.54. The molecule has 0 saturated carbocycles. The summed E-state index contributed by atoms with van der Waals surface area (Å²) in [4.78, 5) is 2.72. The minimum atomic E-state index is -3.45. The molecule has 23 heavy (non-hydrogen) atoms. The third-order valence-corrected chi connectivity index (χ3v) is 7.07. The van der Waals surface area contributed by atoms with Gasteiger partial charge in [-0.25, -0.2) is 8.42 Å². The lowest BCUT2D eigenvalue weighted by molar-refractivity contribution is 0.00610. The summed E-state index contributed by atoms with van der Waals surface area (Å²) in [7, 11) is -3.45. The average Bonchev–Trinajstić information content (AvgIpc) is 2.58. The van der Waals surface area contributed by atoms with Gasteiger partial charge in [0.15, 0.2) is 0 Å². The van der Waals surface area contributed by atoms with E-state index in [-0.39, 0.29) is 4.90 Å². The molecule has 0 bridgehead atoms. The maximum absolute atomic E-state index is 12.8. The van der Waals surface area contributed by atoms with E-state index >= 15 is 0 Å². The summed E-state index contributed by atoms with van der Waals surface area (Å²) in [6.07, 6.45) is 1.75. The Morgan fingerprint density at radius 1 is 1.13 bits per heavy atom. The number of hydrogen-bond donors (Lipinski definition) is 0. The van der Waals surface area contributed by atoms with Gasteiger partial charge in [0.25, 0.3) is 0 Å². The molecule has 5 nitrogen and oxygen atoms in total. The highest BCUT2D eigenvalue weighted by molar-refractivity contribution is 7.89. The highest BCUT2D eigenvalue weighted by Crippen LogP contribution is 2.26. The van der Waals surface area contributed by atoms with Gasteiger partial charge in [0.1, 0.15) is 0 Å². The predicted molar refractivity (Wildman–Crippen MR) is 90.4 cm³/mol. The van der Waals surface area contributed by atoms with Crippen LogP contribution in [0, 0.1) is 6.92 Å². The van der Waals surface area contributed by atoms with Crippen molar-refractivity contribution in [1.29, 1.82) is 0 Å². The van der Waals surface area contributed by atoms with Gasteiger partial charge in [0.05, 0.1) is 18.1 Å². The first-order chi connectivity index (χ1) is 11.0. The van der Waals surface area contributed by atoms with Crippen molar-refractivity contribution in [1.82, 2.24) is 9.21 Å². The van der Waals surface area contributed by atoms with Gasteiger partial charge in [-0.3, -0.25) is 4.90 Å². The van der Waals surface area contributed by atoms with Crippen LogP contribution in [0.2, 0.25) is 5.02 Å². The molecule has 1 aromatic carbocycles. The van der Waals surface area contributed by atoms with E-state index < -0.39 is 10.0 Å². The number of sulfonamides is 1. The van der Waals surface area contributed by atoms with Crippen molar-refractivity contribution in [3.8, 4) is 0 Å². The fraction of sp³-hybridized carbons (Fsp3) is 0.625. The highest BCUT2D eigenvalue weighted by atomic mass is 35.5. The summed E-state index contributed by atoms with van der Waals surface area (Å²) in [5.74, 6) is 0. The Kier molecular flexibility index (Phi) is 5.28. The molecule has 0 aliphatic carbocycles. The van der Waals surface area contributed by atoms with E-state index in [2.05, 4.69) is 4.90 Å². The fourth-order valence-corrected chi connectivity index (χ4v) is 5.02. The van der Waals surface area contributed by atoms with Crippen molar-refractivity contribution in [2.75, 3.05) is 39.4 Å². The van der Waals surface area contributed by atoms with Crippen LogP contribution in [-0.2, 0) is 14.8 Å². The smallest absolute Gasteiger partial charge is 0.243 e. The third-order valence-electron chi connectivity index (χ3n) is 4.77. The third kappa shape index (κ3) is 3.72. The summed E-state index contributed by atoms with van der Waals surface area (Å²) in [6.45, 7) is 6.45. The molecule has 3 rings (SSSR count). The number of ether oxygens (including phenoxy) is 1. The maximum Gasteiger partial charge on any atom is 0.243 e. The Morgan fingerprint density at radius 3 is 2.39 bits per heavy atom. The van der Waals surface area contributed by atoms with E-state index in [1.165, 1.54) is 0 Å². The molecule has 0 spiro atoms. The van der Waals surface area contributed by atoms with Crippen molar-refractivity contribution in [2.45, 2.75) is 30.7 Å². The molecule has 2 saturated heterocycles. The van der Waals surface area contributed by atoms with Crippen LogP contribution in [0.25, 0.3) is 0 Å². The zero-order valence-electron chi connectivity index (χ0n) is 13.4. The van der Waals surface area contributed by atoms with Crippen LogP contribution >= 0.6 is 11.6 Å². The second-order valence-electron chi connectivity index (χ2n) is 6.19.